The molecule has 3 rings (SSSR count). The first-order chi connectivity index (χ1) is 13.6. The van der Waals surface area contributed by atoms with E-state index < -0.39 is 17.2 Å². The number of hydrogen-bond acceptors (Lipinski definition) is 5. The van der Waals surface area contributed by atoms with Gasteiger partial charge in [0.1, 0.15) is 18.0 Å². The average molecular weight is 469 g/mol. The van der Waals surface area contributed by atoms with Crippen LogP contribution in [0.5, 0.6) is 5.75 Å². The standard InChI is InChI=1S/C21H29BrN2O5/c1-20(2,3)29-19(26)24-14-6-5-10-21(24,11-9-14)13-28-18(25)23-17-12-15(27-4)7-8-16(17)22/h7-8,12,14H,5-6,9-11,13H2,1-4H3,(H,23,25). The number of ether oxygens (including phenoxy) is 3. The SMILES string of the molecule is COc1ccc(Br)c(NC(=O)OCC23CCCC(CC2)N3C(=O)OC(C)(C)C)c1. The van der Waals surface area contributed by atoms with E-state index in [1.807, 2.05) is 25.7 Å². The van der Waals surface area contributed by atoms with Crippen molar-refractivity contribution in [1.29, 1.82) is 0 Å². The van der Waals surface area contributed by atoms with Gasteiger partial charge in [-0.15, -0.1) is 0 Å². The Balaban J connectivity index is 1.67. The molecule has 7 nitrogen and oxygen atoms in total. The first kappa shape index (κ1) is 21.7. The summed E-state index contributed by atoms with van der Waals surface area (Å²) in [4.78, 5) is 27.1. The van der Waals surface area contributed by atoms with Crippen molar-refractivity contribution in [2.24, 2.45) is 0 Å². The van der Waals surface area contributed by atoms with Crippen molar-refractivity contribution in [2.45, 2.75) is 70.1 Å². The Morgan fingerprint density at radius 3 is 2.72 bits per heavy atom. The first-order valence-corrected chi connectivity index (χ1v) is 10.7. The van der Waals surface area contributed by atoms with E-state index in [4.69, 9.17) is 14.2 Å². The molecule has 160 valence electrons. The van der Waals surface area contributed by atoms with Crippen LogP contribution in [0.2, 0.25) is 0 Å². The van der Waals surface area contributed by atoms with Crippen LogP contribution in [-0.4, -0.2) is 48.0 Å². The van der Waals surface area contributed by atoms with Crippen LogP contribution in [0, 0.1) is 0 Å². The molecule has 1 aromatic rings. The van der Waals surface area contributed by atoms with Crippen molar-refractivity contribution >= 4 is 33.8 Å². The second kappa shape index (κ2) is 8.42. The van der Waals surface area contributed by atoms with Gasteiger partial charge in [-0.3, -0.25) is 10.2 Å². The van der Waals surface area contributed by atoms with E-state index in [2.05, 4.69) is 21.2 Å². The van der Waals surface area contributed by atoms with E-state index in [0.29, 0.717) is 11.4 Å². The van der Waals surface area contributed by atoms with Crippen LogP contribution in [0.15, 0.2) is 22.7 Å². The molecular formula is C21H29BrN2O5. The van der Waals surface area contributed by atoms with Crippen molar-refractivity contribution in [1.82, 2.24) is 4.90 Å². The summed E-state index contributed by atoms with van der Waals surface area (Å²) in [5.41, 5.74) is -0.496. The van der Waals surface area contributed by atoms with E-state index in [0.717, 1.165) is 36.6 Å². The zero-order valence-electron chi connectivity index (χ0n) is 17.4. The lowest BCUT2D eigenvalue weighted by atomic mass is 9.89. The van der Waals surface area contributed by atoms with Gasteiger partial charge in [-0.05, 0) is 80.9 Å². The minimum absolute atomic E-state index is 0.149. The second-order valence-corrected chi connectivity index (χ2v) is 9.56. The third-order valence-electron chi connectivity index (χ3n) is 5.47. The number of hydrogen-bond donors (Lipinski definition) is 1. The predicted octanol–water partition coefficient (Wildman–Crippen LogP) is 5.33. The minimum Gasteiger partial charge on any atom is -0.497 e. The lowest BCUT2D eigenvalue weighted by molar-refractivity contribution is -0.0313. The summed E-state index contributed by atoms with van der Waals surface area (Å²) in [5, 5.41) is 2.74. The number of carbonyl (C=O) groups excluding carboxylic acids is 2. The fraction of sp³-hybridized carbons (Fsp3) is 0.619. The number of halogens is 1. The Kier molecular flexibility index (Phi) is 6.31. The highest BCUT2D eigenvalue weighted by molar-refractivity contribution is 9.10. The Morgan fingerprint density at radius 1 is 1.28 bits per heavy atom. The number of nitrogens with zero attached hydrogens (tertiary/aromatic N) is 1. The van der Waals surface area contributed by atoms with Crippen LogP contribution < -0.4 is 10.1 Å². The monoisotopic (exact) mass is 468 g/mol. The molecule has 29 heavy (non-hydrogen) atoms. The molecule has 2 heterocycles. The fourth-order valence-electron chi connectivity index (χ4n) is 4.20. The summed E-state index contributed by atoms with van der Waals surface area (Å²) < 4.78 is 17.1. The van der Waals surface area contributed by atoms with Gasteiger partial charge in [0, 0.05) is 16.6 Å². The van der Waals surface area contributed by atoms with Crippen LogP contribution >= 0.6 is 15.9 Å². The topological polar surface area (TPSA) is 77.1 Å². The number of benzene rings is 1. The van der Waals surface area contributed by atoms with Crippen LogP contribution in [0.25, 0.3) is 0 Å². The molecule has 1 aromatic carbocycles. The molecule has 2 atom stereocenters. The van der Waals surface area contributed by atoms with Crippen molar-refractivity contribution in [2.75, 3.05) is 19.0 Å². The van der Waals surface area contributed by atoms with Gasteiger partial charge in [0.25, 0.3) is 0 Å². The molecule has 0 radical (unpaired) electrons. The van der Waals surface area contributed by atoms with Gasteiger partial charge in [0.2, 0.25) is 0 Å². The number of carbonyl (C=O) groups is 2. The molecule has 2 aliphatic heterocycles. The number of anilines is 1. The molecule has 2 bridgehead atoms. The Bertz CT molecular complexity index is 775. The van der Waals surface area contributed by atoms with E-state index in [1.165, 1.54) is 0 Å². The van der Waals surface area contributed by atoms with Gasteiger partial charge in [-0.2, -0.15) is 0 Å². The third-order valence-corrected chi connectivity index (χ3v) is 6.16. The van der Waals surface area contributed by atoms with E-state index in [9.17, 15) is 9.59 Å². The fourth-order valence-corrected chi connectivity index (χ4v) is 4.54. The number of piperidine rings is 1. The number of rotatable bonds is 4. The maximum absolute atomic E-state index is 12.9. The smallest absolute Gasteiger partial charge is 0.411 e. The largest absolute Gasteiger partial charge is 0.497 e. The lowest BCUT2D eigenvalue weighted by Crippen LogP contribution is -2.57. The molecule has 2 saturated heterocycles. The van der Waals surface area contributed by atoms with Gasteiger partial charge < -0.3 is 14.2 Å². The zero-order valence-corrected chi connectivity index (χ0v) is 19.0. The van der Waals surface area contributed by atoms with E-state index >= 15 is 0 Å². The molecule has 2 amide bonds. The Hall–Kier alpha value is -1.96. The number of nitrogens with one attached hydrogen (secondary N) is 1. The third kappa shape index (κ3) is 4.97. The molecule has 0 spiro atoms. The second-order valence-electron chi connectivity index (χ2n) is 8.71. The van der Waals surface area contributed by atoms with Crippen molar-refractivity contribution in [3.8, 4) is 5.75 Å². The summed E-state index contributed by atoms with van der Waals surface area (Å²) in [6.45, 7) is 5.73. The molecule has 1 N–H and O–H groups in total. The Morgan fingerprint density at radius 2 is 2.03 bits per heavy atom. The first-order valence-electron chi connectivity index (χ1n) is 9.93. The maximum Gasteiger partial charge on any atom is 0.411 e. The number of amides is 2. The van der Waals surface area contributed by atoms with Gasteiger partial charge in [-0.1, -0.05) is 0 Å². The molecule has 0 saturated carbocycles. The summed E-state index contributed by atoms with van der Waals surface area (Å²) in [5.74, 6) is 0.629. The van der Waals surface area contributed by atoms with E-state index in [-0.39, 0.29) is 18.7 Å². The van der Waals surface area contributed by atoms with Crippen LogP contribution in [0.3, 0.4) is 0 Å². The molecule has 0 aliphatic carbocycles. The minimum atomic E-state index is -0.563. The summed E-state index contributed by atoms with van der Waals surface area (Å²) in [6, 6.07) is 5.44. The van der Waals surface area contributed by atoms with Gasteiger partial charge >= 0.3 is 12.2 Å². The quantitative estimate of drug-likeness (QED) is 0.645. The maximum atomic E-state index is 12.9. The van der Waals surface area contributed by atoms with Crippen molar-refractivity contribution in [3.05, 3.63) is 22.7 Å². The summed E-state index contributed by atoms with van der Waals surface area (Å²) in [7, 11) is 1.56. The molecular weight excluding hydrogens is 440 g/mol. The highest BCUT2D eigenvalue weighted by Gasteiger charge is 2.53. The van der Waals surface area contributed by atoms with E-state index in [1.54, 1.807) is 25.3 Å². The van der Waals surface area contributed by atoms with Crippen LogP contribution in [0.4, 0.5) is 15.3 Å². The van der Waals surface area contributed by atoms with Gasteiger partial charge in [0.05, 0.1) is 18.3 Å². The summed E-state index contributed by atoms with van der Waals surface area (Å²) >= 11 is 3.41. The summed E-state index contributed by atoms with van der Waals surface area (Å²) in [6.07, 6.45) is 3.61. The molecule has 2 fully saturated rings. The lowest BCUT2D eigenvalue weighted by Gasteiger charge is -2.44. The molecule has 2 unspecified atom stereocenters. The van der Waals surface area contributed by atoms with Crippen LogP contribution in [0.1, 0.15) is 52.9 Å². The normalized spacial score (nSPS) is 23.5. The molecule has 0 aromatic heterocycles. The predicted molar refractivity (Wildman–Crippen MR) is 113 cm³/mol. The van der Waals surface area contributed by atoms with Crippen molar-refractivity contribution in [3.63, 3.8) is 0 Å². The average Bonchev–Trinajstić information content (AvgIpc) is 2.87. The molecule has 2 aliphatic rings. The number of fused-ring (bicyclic) bond motifs is 2. The highest BCUT2D eigenvalue weighted by atomic mass is 79.9. The van der Waals surface area contributed by atoms with Crippen LogP contribution in [-0.2, 0) is 9.47 Å². The number of methoxy groups -OCH3 is 1. The highest BCUT2D eigenvalue weighted by Crippen LogP contribution is 2.45. The van der Waals surface area contributed by atoms with Gasteiger partial charge in [0.15, 0.2) is 0 Å². The van der Waals surface area contributed by atoms with Crippen molar-refractivity contribution < 1.29 is 23.8 Å². The zero-order chi connectivity index (χ0) is 21.2. The molecule has 8 heteroatoms. The Labute approximate surface area is 180 Å². The van der Waals surface area contributed by atoms with Gasteiger partial charge in [-0.25, -0.2) is 9.59 Å².